The van der Waals surface area contributed by atoms with Crippen LogP contribution < -0.4 is 5.32 Å². The molecule has 3 rings (SSSR count). The zero-order valence-corrected chi connectivity index (χ0v) is 18.7. The number of alkyl halides is 4. The lowest BCUT2D eigenvalue weighted by Gasteiger charge is -2.33. The van der Waals surface area contributed by atoms with Gasteiger partial charge >= 0.3 is 5.97 Å². The number of carboxylic acids is 1. The summed E-state index contributed by atoms with van der Waals surface area (Å²) >= 11 is 50.0. The third-order valence-electron chi connectivity index (χ3n) is 4.69. The standard InChI is InChI=1S/C15H7Cl8NO3/c16-4-2-1-3-5(8(4)17)24-11(25)6-7(12(26)27)14(21)10(19)9(18)13(6,20)15(14,22)23/h1-3,6-7H,(H,24,25)(H,26,27)/t6-,7-,13-,14-/m1/s1. The van der Waals surface area contributed by atoms with Gasteiger partial charge in [-0.15, -0.1) is 23.2 Å². The molecule has 0 radical (unpaired) electrons. The van der Waals surface area contributed by atoms with E-state index in [2.05, 4.69) is 5.32 Å². The maximum Gasteiger partial charge on any atom is 0.309 e. The number of allylic oxidation sites excluding steroid dienone is 2. The molecule has 12 heteroatoms. The minimum Gasteiger partial charge on any atom is -0.481 e. The fourth-order valence-corrected chi connectivity index (χ4v) is 6.72. The van der Waals surface area contributed by atoms with Crippen molar-refractivity contribution in [2.45, 2.75) is 14.1 Å². The average molecular weight is 533 g/mol. The van der Waals surface area contributed by atoms with Crippen LogP contribution in [0.4, 0.5) is 5.69 Å². The van der Waals surface area contributed by atoms with Crippen LogP contribution >= 0.6 is 92.8 Å². The van der Waals surface area contributed by atoms with E-state index < -0.39 is 37.8 Å². The number of rotatable bonds is 3. The third kappa shape index (κ3) is 2.65. The molecule has 1 aromatic rings. The smallest absolute Gasteiger partial charge is 0.309 e. The molecule has 0 spiro atoms. The van der Waals surface area contributed by atoms with Crippen LogP contribution in [0.5, 0.6) is 0 Å². The van der Waals surface area contributed by atoms with Crippen molar-refractivity contribution < 1.29 is 14.7 Å². The van der Waals surface area contributed by atoms with Gasteiger partial charge in [-0.25, -0.2) is 0 Å². The van der Waals surface area contributed by atoms with E-state index in [0.29, 0.717) is 0 Å². The lowest BCUT2D eigenvalue weighted by atomic mass is 9.81. The number of amides is 1. The first-order valence-corrected chi connectivity index (χ1v) is 10.1. The zero-order valence-electron chi connectivity index (χ0n) is 12.7. The van der Waals surface area contributed by atoms with E-state index >= 15 is 0 Å². The molecule has 0 aliphatic heterocycles. The minimum absolute atomic E-state index is 0.0504. The maximum absolute atomic E-state index is 13.0. The van der Waals surface area contributed by atoms with Crippen molar-refractivity contribution in [2.24, 2.45) is 11.8 Å². The molecule has 27 heavy (non-hydrogen) atoms. The van der Waals surface area contributed by atoms with Crippen molar-refractivity contribution in [3.8, 4) is 0 Å². The molecule has 0 unspecified atom stereocenters. The molecular formula is C15H7Cl8NO3. The molecule has 0 aromatic heterocycles. The van der Waals surface area contributed by atoms with E-state index in [1.807, 2.05) is 0 Å². The highest BCUT2D eigenvalue weighted by Crippen LogP contribution is 2.76. The number of benzene rings is 1. The van der Waals surface area contributed by atoms with Crippen molar-refractivity contribution >= 4 is 110 Å². The fraction of sp³-hybridized carbons (Fsp3) is 0.333. The van der Waals surface area contributed by atoms with Gasteiger partial charge in [0.05, 0.1) is 37.6 Å². The molecule has 1 saturated carbocycles. The maximum atomic E-state index is 13.0. The van der Waals surface area contributed by atoms with Gasteiger partial charge in [0.1, 0.15) is 9.75 Å². The van der Waals surface area contributed by atoms with Crippen molar-refractivity contribution in [3.63, 3.8) is 0 Å². The monoisotopic (exact) mass is 529 g/mol. The van der Waals surface area contributed by atoms with Gasteiger partial charge in [0, 0.05) is 0 Å². The highest BCUT2D eigenvalue weighted by Gasteiger charge is 2.85. The van der Waals surface area contributed by atoms with E-state index in [9.17, 15) is 14.7 Å². The summed E-state index contributed by atoms with van der Waals surface area (Å²) in [5.41, 5.74) is 0.130. The number of carbonyl (C=O) groups is 2. The number of hydrogen-bond donors (Lipinski definition) is 2. The fourth-order valence-electron chi connectivity index (χ4n) is 3.44. The van der Waals surface area contributed by atoms with Gasteiger partial charge in [-0.05, 0) is 12.1 Å². The predicted molar refractivity (Wildman–Crippen MR) is 110 cm³/mol. The van der Waals surface area contributed by atoms with E-state index in [1.54, 1.807) is 0 Å². The largest absolute Gasteiger partial charge is 0.481 e. The second-order valence-electron chi connectivity index (χ2n) is 6.01. The summed E-state index contributed by atoms with van der Waals surface area (Å²) in [6, 6.07) is 4.51. The molecule has 0 saturated heterocycles. The number of anilines is 1. The topological polar surface area (TPSA) is 66.4 Å². The van der Waals surface area contributed by atoms with Gasteiger partial charge in [-0.3, -0.25) is 9.59 Å². The van der Waals surface area contributed by atoms with Gasteiger partial charge in [0.15, 0.2) is 4.33 Å². The second kappa shape index (κ2) is 6.88. The SMILES string of the molecule is O=C(O)[C@H]1[C@H](C(=O)Nc2cccc(Cl)c2Cl)[C@@]2(Cl)C(Cl)=C(Cl)[C@@]1(Cl)C2(Cl)Cl. The number of nitrogens with one attached hydrogen (secondary N) is 1. The summed E-state index contributed by atoms with van der Waals surface area (Å²) in [5.74, 6) is -5.57. The van der Waals surface area contributed by atoms with Crippen LogP contribution in [0.2, 0.25) is 10.0 Å². The molecule has 4 nitrogen and oxygen atoms in total. The van der Waals surface area contributed by atoms with E-state index in [-0.39, 0.29) is 25.8 Å². The molecule has 1 fully saturated rings. The van der Waals surface area contributed by atoms with Crippen LogP contribution in [-0.4, -0.2) is 31.1 Å². The summed E-state index contributed by atoms with van der Waals surface area (Å²) in [5, 5.41) is 11.8. The minimum atomic E-state index is -2.18. The normalized spacial score (nSPS) is 34.1. The van der Waals surface area contributed by atoms with Crippen LogP contribution in [0.15, 0.2) is 28.3 Å². The van der Waals surface area contributed by atoms with Crippen molar-refractivity contribution in [1.29, 1.82) is 0 Å². The van der Waals surface area contributed by atoms with Crippen LogP contribution in [0, 0.1) is 11.8 Å². The van der Waals surface area contributed by atoms with Crippen LogP contribution in [0.1, 0.15) is 0 Å². The quantitative estimate of drug-likeness (QED) is 0.463. The van der Waals surface area contributed by atoms with Crippen molar-refractivity contribution in [1.82, 2.24) is 0 Å². The Labute approximate surface area is 193 Å². The number of aliphatic carboxylic acids is 1. The molecule has 4 atom stereocenters. The molecule has 1 aromatic carbocycles. The Morgan fingerprint density at radius 1 is 0.926 bits per heavy atom. The Balaban J connectivity index is 2.13. The van der Waals surface area contributed by atoms with Gasteiger partial charge in [-0.1, -0.05) is 75.7 Å². The Hall–Kier alpha value is 0.220. The summed E-state index contributed by atoms with van der Waals surface area (Å²) < 4.78 is -2.18. The van der Waals surface area contributed by atoms with E-state index in [0.717, 1.165) is 0 Å². The Morgan fingerprint density at radius 2 is 1.44 bits per heavy atom. The van der Waals surface area contributed by atoms with E-state index in [4.69, 9.17) is 92.8 Å². The third-order valence-corrected chi connectivity index (χ3v) is 9.77. The summed E-state index contributed by atoms with van der Waals surface area (Å²) in [7, 11) is 0. The van der Waals surface area contributed by atoms with Gasteiger partial charge in [0.2, 0.25) is 5.91 Å². The first-order chi connectivity index (χ1) is 12.3. The van der Waals surface area contributed by atoms with Crippen LogP contribution in [0.3, 0.4) is 0 Å². The average Bonchev–Trinajstić information content (AvgIpc) is 2.79. The van der Waals surface area contributed by atoms with Gasteiger partial charge in [0.25, 0.3) is 0 Å². The number of fused-ring (bicyclic) bond motifs is 2. The Bertz CT molecular complexity index is 903. The lowest BCUT2D eigenvalue weighted by molar-refractivity contribution is -0.146. The van der Waals surface area contributed by atoms with Crippen molar-refractivity contribution in [3.05, 3.63) is 38.3 Å². The molecular weight excluding hydrogens is 526 g/mol. The van der Waals surface area contributed by atoms with Crippen LogP contribution in [0.25, 0.3) is 0 Å². The molecule has 2 aliphatic carbocycles. The first-order valence-electron chi connectivity index (χ1n) is 7.13. The first kappa shape index (κ1) is 21.9. The number of carboxylic acid groups (broad SMARTS) is 1. The Morgan fingerprint density at radius 3 is 1.96 bits per heavy atom. The Kier molecular flexibility index (Phi) is 5.59. The number of hydrogen-bond acceptors (Lipinski definition) is 2. The highest BCUT2D eigenvalue weighted by atomic mass is 35.5. The lowest BCUT2D eigenvalue weighted by Crippen LogP contribution is -2.47. The summed E-state index contributed by atoms with van der Waals surface area (Å²) in [4.78, 5) is 20.8. The number of halogens is 8. The highest BCUT2D eigenvalue weighted by molar-refractivity contribution is 6.66. The predicted octanol–water partition coefficient (Wildman–Crippen LogP) is 6.09. The van der Waals surface area contributed by atoms with Crippen molar-refractivity contribution in [2.75, 3.05) is 5.32 Å². The second-order valence-corrected chi connectivity index (χ2v) is 10.1. The zero-order chi connectivity index (χ0) is 20.5. The molecule has 0 heterocycles. The summed E-state index contributed by atoms with van der Waals surface area (Å²) in [6.45, 7) is 0. The van der Waals surface area contributed by atoms with Crippen LogP contribution in [-0.2, 0) is 9.59 Å². The number of carbonyl (C=O) groups excluding carboxylic acids is 1. The molecule has 1 amide bonds. The van der Waals surface area contributed by atoms with Gasteiger partial charge < -0.3 is 10.4 Å². The molecule has 2 bridgehead atoms. The molecule has 146 valence electrons. The molecule has 2 N–H and O–H groups in total. The molecule has 2 aliphatic rings. The van der Waals surface area contributed by atoms with E-state index in [1.165, 1.54) is 18.2 Å². The van der Waals surface area contributed by atoms with Gasteiger partial charge in [-0.2, -0.15) is 0 Å². The summed E-state index contributed by atoms with van der Waals surface area (Å²) in [6.07, 6.45) is 0.